The first kappa shape index (κ1) is 7.59. The molecule has 0 aliphatic rings. The van der Waals surface area contributed by atoms with Crippen LogP contribution >= 0.6 is 0 Å². The second-order valence-corrected chi connectivity index (χ2v) is 1.79. The molecule has 0 aliphatic carbocycles. The molecule has 0 aromatic rings. The van der Waals surface area contributed by atoms with Gasteiger partial charge in [0.25, 0.3) is 0 Å². The van der Waals surface area contributed by atoms with Crippen LogP contribution in [0.15, 0.2) is 0 Å². The van der Waals surface area contributed by atoms with Crippen molar-refractivity contribution in [3.63, 3.8) is 0 Å². The number of nitrogens with two attached hydrogens (primary N) is 2. The summed E-state index contributed by atoms with van der Waals surface area (Å²) in [6.07, 6.45) is 0.400. The summed E-state index contributed by atoms with van der Waals surface area (Å²) < 4.78 is 0. The molecule has 0 aromatic carbocycles. The summed E-state index contributed by atoms with van der Waals surface area (Å²) in [5.41, 5.74) is 10.3. The summed E-state index contributed by atoms with van der Waals surface area (Å²) >= 11 is 0. The average molecular weight is 116 g/mol. The van der Waals surface area contributed by atoms with Gasteiger partial charge in [0, 0.05) is 6.42 Å². The van der Waals surface area contributed by atoms with Crippen LogP contribution in [0.2, 0.25) is 0 Å². The summed E-state index contributed by atoms with van der Waals surface area (Å²) in [7, 11) is 0. The minimum Gasteiger partial charge on any atom is -0.330 e. The van der Waals surface area contributed by atoms with Gasteiger partial charge in [-0.15, -0.1) is 0 Å². The Morgan fingerprint density at radius 3 is 2.38 bits per heavy atom. The van der Waals surface area contributed by atoms with E-state index >= 15 is 0 Å². The number of rotatable bonds is 3. The Bertz CT molecular complexity index is 80.5. The molecule has 4 N–H and O–H groups in total. The molecule has 0 aromatic heterocycles. The molecule has 1 atom stereocenters. The Morgan fingerprint density at radius 1 is 1.75 bits per heavy atom. The summed E-state index contributed by atoms with van der Waals surface area (Å²) in [5.74, 6) is 0.0347. The summed E-state index contributed by atoms with van der Waals surface area (Å²) in [5, 5.41) is 0. The highest BCUT2D eigenvalue weighted by molar-refractivity contribution is 5.83. The van der Waals surface area contributed by atoms with Gasteiger partial charge in [0.15, 0.2) is 0 Å². The Kier molecular flexibility index (Phi) is 3.39. The highest BCUT2D eigenvalue weighted by atomic mass is 16.1. The summed E-state index contributed by atoms with van der Waals surface area (Å²) in [6.45, 7) is 2.07. The molecule has 0 rings (SSSR count). The zero-order valence-corrected chi connectivity index (χ0v) is 5.05. The van der Waals surface area contributed by atoms with E-state index in [-0.39, 0.29) is 11.8 Å². The van der Waals surface area contributed by atoms with Gasteiger partial charge in [0.1, 0.15) is 5.78 Å². The van der Waals surface area contributed by atoms with Gasteiger partial charge < -0.3 is 11.5 Å². The van der Waals surface area contributed by atoms with Crippen molar-refractivity contribution < 1.29 is 4.79 Å². The summed E-state index contributed by atoms with van der Waals surface area (Å²) in [6, 6.07) is -0.349. The minimum atomic E-state index is -0.349. The van der Waals surface area contributed by atoms with Crippen molar-refractivity contribution in [2.24, 2.45) is 11.5 Å². The molecule has 0 heterocycles. The minimum absolute atomic E-state index is 0.0347. The largest absolute Gasteiger partial charge is 0.330 e. The highest BCUT2D eigenvalue weighted by Crippen LogP contribution is 1.83. The van der Waals surface area contributed by atoms with Crippen LogP contribution in [0.4, 0.5) is 0 Å². The predicted molar refractivity (Wildman–Crippen MR) is 32.3 cm³/mol. The molecule has 8 heavy (non-hydrogen) atoms. The molecule has 0 spiro atoms. The zero-order chi connectivity index (χ0) is 6.57. The Hall–Kier alpha value is -0.410. The maximum Gasteiger partial charge on any atom is 0.150 e. The molecular weight excluding hydrogens is 104 g/mol. The van der Waals surface area contributed by atoms with Crippen molar-refractivity contribution in [2.75, 3.05) is 6.54 Å². The van der Waals surface area contributed by atoms with Crippen molar-refractivity contribution in [3.8, 4) is 0 Å². The van der Waals surface area contributed by atoms with Crippen LogP contribution in [0.25, 0.3) is 0 Å². The smallest absolute Gasteiger partial charge is 0.150 e. The van der Waals surface area contributed by atoms with Crippen LogP contribution in [0.3, 0.4) is 0 Å². The van der Waals surface area contributed by atoms with E-state index in [2.05, 4.69) is 0 Å². The molecular formula is C5H12N2O. The monoisotopic (exact) mass is 116 g/mol. The Balaban J connectivity index is 3.33. The molecule has 0 aliphatic heterocycles. The lowest BCUT2D eigenvalue weighted by Gasteiger charge is -1.99. The van der Waals surface area contributed by atoms with Crippen LogP contribution < -0.4 is 11.5 Å². The maximum atomic E-state index is 10.5. The third-order valence-corrected chi connectivity index (χ3v) is 0.899. The molecule has 0 fully saturated rings. The second kappa shape index (κ2) is 3.57. The van der Waals surface area contributed by atoms with Crippen molar-refractivity contribution in [1.82, 2.24) is 0 Å². The quantitative estimate of drug-likeness (QED) is 0.510. The lowest BCUT2D eigenvalue weighted by atomic mass is 10.2. The maximum absolute atomic E-state index is 10.5. The molecule has 0 radical (unpaired) electrons. The van der Waals surface area contributed by atoms with E-state index in [1.54, 1.807) is 6.92 Å². The van der Waals surface area contributed by atoms with Gasteiger partial charge in [0.2, 0.25) is 0 Å². The molecule has 3 heteroatoms. The van der Waals surface area contributed by atoms with E-state index in [1.807, 2.05) is 0 Å². The predicted octanol–water partition coefficient (Wildman–Crippen LogP) is -0.748. The zero-order valence-electron chi connectivity index (χ0n) is 5.05. The SMILES string of the molecule is C[C@@H](N)C(=O)CCN. The number of Topliss-reactive ketones (excluding diaryl/α,β-unsaturated/α-hetero) is 1. The fourth-order valence-corrected chi connectivity index (χ4v) is 0.370. The third kappa shape index (κ3) is 2.71. The third-order valence-electron chi connectivity index (χ3n) is 0.899. The van der Waals surface area contributed by atoms with Gasteiger partial charge in [-0.25, -0.2) is 0 Å². The summed E-state index contributed by atoms with van der Waals surface area (Å²) in [4.78, 5) is 10.5. The number of hydrogen-bond acceptors (Lipinski definition) is 3. The first-order chi connectivity index (χ1) is 3.68. The van der Waals surface area contributed by atoms with E-state index in [9.17, 15) is 4.79 Å². The number of carbonyl (C=O) groups is 1. The molecule has 0 saturated heterocycles. The second-order valence-electron chi connectivity index (χ2n) is 1.79. The van der Waals surface area contributed by atoms with Gasteiger partial charge >= 0.3 is 0 Å². The highest BCUT2D eigenvalue weighted by Gasteiger charge is 2.03. The fourth-order valence-electron chi connectivity index (χ4n) is 0.370. The van der Waals surface area contributed by atoms with E-state index in [0.717, 1.165) is 0 Å². The van der Waals surface area contributed by atoms with Gasteiger partial charge in [-0.2, -0.15) is 0 Å². The first-order valence-electron chi connectivity index (χ1n) is 2.67. The van der Waals surface area contributed by atoms with Gasteiger partial charge in [-0.05, 0) is 13.5 Å². The van der Waals surface area contributed by atoms with Crippen molar-refractivity contribution in [1.29, 1.82) is 0 Å². The van der Waals surface area contributed by atoms with E-state index < -0.39 is 0 Å². The Morgan fingerprint density at radius 2 is 2.25 bits per heavy atom. The van der Waals surface area contributed by atoms with Crippen molar-refractivity contribution in [2.45, 2.75) is 19.4 Å². The standard InChI is InChI=1S/C5H12N2O/c1-4(7)5(8)2-3-6/h4H,2-3,6-7H2,1H3/t4-/m1/s1. The molecule has 0 saturated carbocycles. The molecule has 3 nitrogen and oxygen atoms in total. The first-order valence-corrected chi connectivity index (χ1v) is 2.67. The topological polar surface area (TPSA) is 69.1 Å². The van der Waals surface area contributed by atoms with Crippen molar-refractivity contribution >= 4 is 5.78 Å². The van der Waals surface area contributed by atoms with Gasteiger partial charge in [0.05, 0.1) is 6.04 Å². The molecule has 0 amide bonds. The van der Waals surface area contributed by atoms with E-state index in [1.165, 1.54) is 0 Å². The number of ketones is 1. The number of hydrogen-bond donors (Lipinski definition) is 2. The van der Waals surface area contributed by atoms with Crippen LogP contribution in [0, 0.1) is 0 Å². The molecule has 0 unspecified atom stereocenters. The van der Waals surface area contributed by atoms with Crippen LogP contribution in [0.5, 0.6) is 0 Å². The van der Waals surface area contributed by atoms with Crippen molar-refractivity contribution in [3.05, 3.63) is 0 Å². The lowest BCUT2D eigenvalue weighted by molar-refractivity contribution is -0.119. The van der Waals surface area contributed by atoms with E-state index in [0.29, 0.717) is 13.0 Å². The molecule has 48 valence electrons. The van der Waals surface area contributed by atoms with Crippen LogP contribution in [0.1, 0.15) is 13.3 Å². The van der Waals surface area contributed by atoms with Gasteiger partial charge in [-0.1, -0.05) is 0 Å². The fraction of sp³-hybridized carbons (Fsp3) is 0.800. The Labute approximate surface area is 49.0 Å². The van der Waals surface area contributed by atoms with Gasteiger partial charge in [-0.3, -0.25) is 4.79 Å². The number of carbonyl (C=O) groups excluding carboxylic acids is 1. The average Bonchev–Trinajstić information content (AvgIpc) is 1.67. The van der Waals surface area contributed by atoms with E-state index in [4.69, 9.17) is 11.5 Å². The lowest BCUT2D eigenvalue weighted by Crippen LogP contribution is -2.28. The van der Waals surface area contributed by atoms with Crippen LogP contribution in [-0.4, -0.2) is 18.4 Å². The van der Waals surface area contributed by atoms with Crippen LogP contribution in [-0.2, 0) is 4.79 Å². The molecule has 0 bridgehead atoms. The normalized spacial score (nSPS) is 13.4.